The summed E-state index contributed by atoms with van der Waals surface area (Å²) in [6.07, 6.45) is 1.44. The van der Waals surface area contributed by atoms with Crippen molar-refractivity contribution >= 4 is 44.7 Å². The minimum absolute atomic E-state index is 0.243. The lowest BCUT2D eigenvalue weighted by molar-refractivity contribution is -0.118. The lowest BCUT2D eigenvalue weighted by Gasteiger charge is -2.16. The Balaban J connectivity index is 1.73. The van der Waals surface area contributed by atoms with Crippen molar-refractivity contribution in [2.24, 2.45) is 0 Å². The number of rotatable bonds is 5. The van der Waals surface area contributed by atoms with Gasteiger partial charge in [0.1, 0.15) is 16.6 Å². The van der Waals surface area contributed by atoms with E-state index in [1.165, 1.54) is 34.9 Å². The molecule has 0 aliphatic carbocycles. The van der Waals surface area contributed by atoms with Gasteiger partial charge in [-0.25, -0.2) is 4.98 Å². The number of aromatic nitrogens is 2. The van der Waals surface area contributed by atoms with Crippen molar-refractivity contribution < 1.29 is 9.53 Å². The van der Waals surface area contributed by atoms with Gasteiger partial charge in [0, 0.05) is 16.1 Å². The van der Waals surface area contributed by atoms with Crippen LogP contribution in [-0.2, 0) is 4.79 Å². The molecule has 4 rings (SSSR count). The number of carbonyl (C=O) groups excluding carboxylic acids is 1. The van der Waals surface area contributed by atoms with E-state index in [-0.39, 0.29) is 11.5 Å². The third-order valence-electron chi connectivity index (χ3n) is 5.83. The van der Waals surface area contributed by atoms with Gasteiger partial charge in [0.15, 0.2) is 0 Å². The van der Waals surface area contributed by atoms with Gasteiger partial charge in [0.2, 0.25) is 5.91 Å². The minimum Gasteiger partial charge on any atom is -0.495 e. The number of halogens is 1. The van der Waals surface area contributed by atoms with Gasteiger partial charge in [0.25, 0.3) is 5.56 Å². The highest BCUT2D eigenvalue weighted by Crippen LogP contribution is 2.36. The molecule has 1 amide bonds. The SMILES string of the molecule is COc1ccc(NC(=O)C(C)n2cnc3sc(C)c(-c4ccc(C)c(C)c4)c3c2=O)cc1Cl. The summed E-state index contributed by atoms with van der Waals surface area (Å²) in [6.45, 7) is 7.77. The molecule has 0 fully saturated rings. The van der Waals surface area contributed by atoms with Crippen LogP contribution in [0.2, 0.25) is 5.02 Å². The minimum atomic E-state index is -0.775. The molecule has 6 nitrogen and oxygen atoms in total. The van der Waals surface area contributed by atoms with E-state index in [4.69, 9.17) is 16.3 Å². The van der Waals surface area contributed by atoms with Gasteiger partial charge in [-0.05, 0) is 62.6 Å². The first-order valence-corrected chi connectivity index (χ1v) is 11.6. The summed E-state index contributed by atoms with van der Waals surface area (Å²) in [7, 11) is 1.52. The van der Waals surface area contributed by atoms with Crippen LogP contribution in [-0.4, -0.2) is 22.6 Å². The Morgan fingerprint density at radius 3 is 2.58 bits per heavy atom. The predicted molar refractivity (Wildman–Crippen MR) is 135 cm³/mol. The normalized spacial score (nSPS) is 12.1. The zero-order valence-electron chi connectivity index (χ0n) is 19.0. The second kappa shape index (κ2) is 9.00. The van der Waals surface area contributed by atoms with E-state index in [1.807, 2.05) is 13.0 Å². The number of benzene rings is 2. The summed E-state index contributed by atoms with van der Waals surface area (Å²) < 4.78 is 6.52. The van der Waals surface area contributed by atoms with E-state index in [0.29, 0.717) is 26.7 Å². The highest BCUT2D eigenvalue weighted by Gasteiger charge is 2.22. The van der Waals surface area contributed by atoms with Crippen LogP contribution in [0.4, 0.5) is 5.69 Å². The standard InChI is InChI=1S/C25H24ClN3O3S/c1-13-6-7-17(10-14(13)2)21-16(4)33-24-22(21)25(31)29(12-27-24)15(3)23(30)28-18-8-9-20(32-5)19(26)11-18/h6-12,15H,1-5H3,(H,28,30). The zero-order valence-corrected chi connectivity index (χ0v) is 20.6. The monoisotopic (exact) mass is 481 g/mol. The highest BCUT2D eigenvalue weighted by atomic mass is 35.5. The molecule has 0 aliphatic rings. The van der Waals surface area contributed by atoms with E-state index >= 15 is 0 Å². The van der Waals surface area contributed by atoms with Gasteiger partial charge in [-0.2, -0.15) is 0 Å². The molecule has 4 aromatic rings. The number of hydrogen-bond acceptors (Lipinski definition) is 5. The van der Waals surface area contributed by atoms with Gasteiger partial charge >= 0.3 is 0 Å². The van der Waals surface area contributed by atoms with Gasteiger partial charge in [0.05, 0.1) is 23.8 Å². The molecule has 0 aliphatic heterocycles. The molecule has 0 saturated heterocycles. The average Bonchev–Trinajstić information content (AvgIpc) is 3.12. The summed E-state index contributed by atoms with van der Waals surface area (Å²) >= 11 is 7.64. The molecular weight excluding hydrogens is 458 g/mol. The third kappa shape index (κ3) is 4.26. The number of anilines is 1. The summed E-state index contributed by atoms with van der Waals surface area (Å²) in [5.74, 6) is 0.166. The zero-order chi connectivity index (χ0) is 23.9. The van der Waals surface area contributed by atoms with Crippen molar-refractivity contribution in [2.45, 2.75) is 33.7 Å². The molecule has 8 heteroatoms. The molecule has 1 unspecified atom stereocenters. The van der Waals surface area contributed by atoms with Crippen LogP contribution in [0.15, 0.2) is 47.5 Å². The Morgan fingerprint density at radius 1 is 1.15 bits per heavy atom. The van der Waals surface area contributed by atoms with Gasteiger partial charge in [-0.1, -0.05) is 29.8 Å². The van der Waals surface area contributed by atoms with Gasteiger partial charge < -0.3 is 10.1 Å². The van der Waals surface area contributed by atoms with Crippen LogP contribution in [0.5, 0.6) is 5.75 Å². The van der Waals surface area contributed by atoms with E-state index < -0.39 is 6.04 Å². The number of nitrogens with one attached hydrogen (secondary N) is 1. The average molecular weight is 482 g/mol. The molecule has 0 bridgehead atoms. The molecule has 2 aromatic heterocycles. The number of aryl methyl sites for hydroxylation is 3. The number of fused-ring (bicyclic) bond motifs is 1. The number of carbonyl (C=O) groups is 1. The van der Waals surface area contributed by atoms with Crippen molar-refractivity contribution in [3.63, 3.8) is 0 Å². The fraction of sp³-hybridized carbons (Fsp3) is 0.240. The van der Waals surface area contributed by atoms with E-state index in [1.54, 1.807) is 25.1 Å². The first-order valence-electron chi connectivity index (χ1n) is 10.4. The third-order valence-corrected chi connectivity index (χ3v) is 7.13. The topological polar surface area (TPSA) is 73.2 Å². The maximum atomic E-state index is 13.5. The second-order valence-corrected chi connectivity index (χ2v) is 9.59. The number of hydrogen-bond donors (Lipinski definition) is 1. The lowest BCUT2D eigenvalue weighted by Crippen LogP contribution is -2.31. The van der Waals surface area contributed by atoms with Crippen molar-refractivity contribution in [3.05, 3.63) is 74.1 Å². The van der Waals surface area contributed by atoms with Crippen LogP contribution in [0, 0.1) is 20.8 Å². The van der Waals surface area contributed by atoms with Crippen LogP contribution in [0.25, 0.3) is 21.3 Å². The second-order valence-electron chi connectivity index (χ2n) is 7.98. The molecule has 33 heavy (non-hydrogen) atoms. The molecule has 1 N–H and O–H groups in total. The Morgan fingerprint density at radius 2 is 1.91 bits per heavy atom. The lowest BCUT2D eigenvalue weighted by atomic mass is 9.99. The molecule has 2 heterocycles. The van der Waals surface area contributed by atoms with Crippen LogP contribution in [0.3, 0.4) is 0 Å². The molecule has 2 aromatic carbocycles. The largest absolute Gasteiger partial charge is 0.495 e. The Hall–Kier alpha value is -3.16. The number of amides is 1. The quantitative estimate of drug-likeness (QED) is 0.384. The Kier molecular flexibility index (Phi) is 6.28. The fourth-order valence-corrected chi connectivity index (χ4v) is 5.01. The summed E-state index contributed by atoms with van der Waals surface area (Å²) in [5.41, 5.74) is 4.47. The number of ether oxygens (including phenoxy) is 1. The Labute approximate surface area is 200 Å². The van der Waals surface area contributed by atoms with Crippen molar-refractivity contribution in [2.75, 3.05) is 12.4 Å². The van der Waals surface area contributed by atoms with E-state index in [0.717, 1.165) is 21.6 Å². The first-order chi connectivity index (χ1) is 15.7. The van der Waals surface area contributed by atoms with Crippen molar-refractivity contribution in [3.8, 4) is 16.9 Å². The predicted octanol–water partition coefficient (Wildman–Crippen LogP) is 5.91. The van der Waals surface area contributed by atoms with Crippen LogP contribution < -0.4 is 15.6 Å². The van der Waals surface area contributed by atoms with Gasteiger partial charge in [-0.3, -0.25) is 14.2 Å². The molecule has 170 valence electrons. The number of nitrogens with zero attached hydrogens (tertiary/aromatic N) is 2. The molecule has 1 atom stereocenters. The summed E-state index contributed by atoms with van der Waals surface area (Å²) in [5, 5.41) is 3.73. The molecule has 0 spiro atoms. The maximum Gasteiger partial charge on any atom is 0.263 e. The molecular formula is C25H24ClN3O3S. The maximum absolute atomic E-state index is 13.5. The molecule has 0 radical (unpaired) electrons. The van der Waals surface area contributed by atoms with Crippen molar-refractivity contribution in [1.29, 1.82) is 0 Å². The first kappa shape index (κ1) is 23.0. The van der Waals surface area contributed by atoms with Crippen LogP contribution in [0.1, 0.15) is 29.0 Å². The van der Waals surface area contributed by atoms with Gasteiger partial charge in [-0.15, -0.1) is 11.3 Å². The number of thiophene rings is 1. The highest BCUT2D eigenvalue weighted by molar-refractivity contribution is 7.19. The van der Waals surface area contributed by atoms with Crippen LogP contribution >= 0.6 is 22.9 Å². The summed E-state index contributed by atoms with van der Waals surface area (Å²) in [6, 6.07) is 10.4. The number of methoxy groups -OCH3 is 1. The van der Waals surface area contributed by atoms with Crippen molar-refractivity contribution in [1.82, 2.24) is 9.55 Å². The summed E-state index contributed by atoms with van der Waals surface area (Å²) in [4.78, 5) is 32.7. The fourth-order valence-electron chi connectivity index (χ4n) is 3.75. The van der Waals surface area contributed by atoms with E-state index in [2.05, 4.69) is 36.3 Å². The van der Waals surface area contributed by atoms with E-state index in [9.17, 15) is 9.59 Å². The smallest absolute Gasteiger partial charge is 0.263 e. The molecule has 0 saturated carbocycles. The Bertz CT molecular complexity index is 1440.